The maximum absolute atomic E-state index is 10.9. The number of aromatic nitrogens is 1. The summed E-state index contributed by atoms with van der Waals surface area (Å²) in [5.74, 6) is 1.13. The van der Waals surface area contributed by atoms with Crippen LogP contribution in [0, 0.1) is 0 Å². The zero-order valence-electron chi connectivity index (χ0n) is 11.1. The van der Waals surface area contributed by atoms with Crippen LogP contribution in [0.5, 0.6) is 0 Å². The number of nitrogens with one attached hydrogen (secondary N) is 2. The van der Waals surface area contributed by atoms with Crippen molar-refractivity contribution in [3.8, 4) is 11.5 Å². The molecule has 0 unspecified atom stereocenters. The van der Waals surface area contributed by atoms with Crippen molar-refractivity contribution in [3.63, 3.8) is 0 Å². The summed E-state index contributed by atoms with van der Waals surface area (Å²) in [5, 5.41) is 6.86. The standard InChI is InChI=1S/C12H15N5O2S/c1-7(18)15-5-8-3-4-9(19-8)10-11(16-6-14-2)20-12(13)17-10/h3-4,6H,5H2,1-2H3,(H2,13,17)(H,14,16)(H,15,18). The summed E-state index contributed by atoms with van der Waals surface area (Å²) in [4.78, 5) is 19.0. The van der Waals surface area contributed by atoms with E-state index in [9.17, 15) is 4.79 Å². The van der Waals surface area contributed by atoms with Crippen molar-refractivity contribution in [3.05, 3.63) is 17.9 Å². The average Bonchev–Trinajstić information content (AvgIpc) is 3.00. The Morgan fingerprint density at radius 3 is 3.10 bits per heavy atom. The van der Waals surface area contributed by atoms with Crippen molar-refractivity contribution >= 4 is 33.7 Å². The van der Waals surface area contributed by atoms with Gasteiger partial charge in [-0.05, 0) is 12.1 Å². The molecule has 0 fully saturated rings. The smallest absolute Gasteiger partial charge is 0.217 e. The largest absolute Gasteiger partial charge is 0.457 e. The third-order valence-electron chi connectivity index (χ3n) is 2.38. The molecule has 0 atom stereocenters. The number of anilines is 2. The van der Waals surface area contributed by atoms with Crippen LogP contribution >= 0.6 is 11.3 Å². The van der Waals surface area contributed by atoms with Gasteiger partial charge in [0.2, 0.25) is 5.91 Å². The van der Waals surface area contributed by atoms with Gasteiger partial charge in [-0.25, -0.2) is 4.98 Å². The molecule has 4 N–H and O–H groups in total. The minimum absolute atomic E-state index is 0.109. The molecule has 2 aromatic heterocycles. The van der Waals surface area contributed by atoms with Crippen LogP contribution in [-0.4, -0.2) is 24.3 Å². The zero-order valence-corrected chi connectivity index (χ0v) is 12.0. The first kappa shape index (κ1) is 14.1. The number of nitrogen functional groups attached to an aromatic ring is 1. The highest BCUT2D eigenvalue weighted by Gasteiger charge is 2.15. The fourth-order valence-electron chi connectivity index (χ4n) is 1.54. The number of hydrogen-bond acceptors (Lipinski definition) is 6. The minimum atomic E-state index is -0.109. The van der Waals surface area contributed by atoms with Crippen LogP contribution < -0.4 is 16.4 Å². The lowest BCUT2D eigenvalue weighted by molar-refractivity contribution is -0.119. The van der Waals surface area contributed by atoms with Crippen LogP contribution in [0.2, 0.25) is 0 Å². The van der Waals surface area contributed by atoms with Gasteiger partial charge < -0.3 is 20.8 Å². The second-order valence-electron chi connectivity index (χ2n) is 3.94. The number of nitrogens with two attached hydrogens (primary N) is 1. The van der Waals surface area contributed by atoms with Crippen LogP contribution in [0.15, 0.2) is 21.5 Å². The summed E-state index contributed by atoms with van der Waals surface area (Å²) in [6.45, 7) is 1.80. The van der Waals surface area contributed by atoms with Crippen LogP contribution in [0.3, 0.4) is 0 Å². The van der Waals surface area contributed by atoms with E-state index in [4.69, 9.17) is 10.2 Å². The fourth-order valence-corrected chi connectivity index (χ4v) is 2.24. The van der Waals surface area contributed by atoms with E-state index in [1.165, 1.54) is 18.3 Å². The van der Waals surface area contributed by atoms with Gasteiger partial charge in [-0.15, -0.1) is 0 Å². The zero-order chi connectivity index (χ0) is 14.5. The molecule has 8 heteroatoms. The van der Waals surface area contributed by atoms with Gasteiger partial charge in [-0.2, -0.15) is 0 Å². The molecule has 0 saturated carbocycles. The maximum Gasteiger partial charge on any atom is 0.217 e. The van der Waals surface area contributed by atoms with E-state index >= 15 is 0 Å². The predicted molar refractivity (Wildman–Crippen MR) is 79.8 cm³/mol. The van der Waals surface area contributed by atoms with Gasteiger partial charge in [0.25, 0.3) is 0 Å². The minimum Gasteiger partial charge on any atom is -0.457 e. The first-order valence-electron chi connectivity index (χ1n) is 5.87. The molecule has 0 radical (unpaired) electrons. The maximum atomic E-state index is 10.9. The predicted octanol–water partition coefficient (Wildman–Crippen LogP) is 1.69. The average molecular weight is 293 g/mol. The van der Waals surface area contributed by atoms with Crippen molar-refractivity contribution in [2.75, 3.05) is 18.1 Å². The van der Waals surface area contributed by atoms with Crippen molar-refractivity contribution in [2.24, 2.45) is 4.99 Å². The molecule has 20 heavy (non-hydrogen) atoms. The summed E-state index contributed by atoms with van der Waals surface area (Å²) in [7, 11) is 1.66. The van der Waals surface area contributed by atoms with E-state index in [-0.39, 0.29) is 5.91 Å². The molecule has 0 spiro atoms. The Bertz CT molecular complexity index is 632. The van der Waals surface area contributed by atoms with Crippen molar-refractivity contribution in [2.45, 2.75) is 13.5 Å². The van der Waals surface area contributed by atoms with Crippen LogP contribution in [-0.2, 0) is 11.3 Å². The molecule has 2 heterocycles. The SMILES string of the molecule is CN=CNc1sc(N)nc1-c1ccc(CNC(C)=O)o1. The Hall–Kier alpha value is -2.35. The third-order valence-corrected chi connectivity index (χ3v) is 3.19. The number of carbonyl (C=O) groups is 1. The van der Waals surface area contributed by atoms with Crippen molar-refractivity contribution in [1.82, 2.24) is 10.3 Å². The lowest BCUT2D eigenvalue weighted by atomic mass is 10.3. The molecular weight excluding hydrogens is 278 g/mol. The lowest BCUT2D eigenvalue weighted by Crippen LogP contribution is -2.18. The van der Waals surface area contributed by atoms with Gasteiger partial charge in [0.15, 0.2) is 10.9 Å². The molecule has 1 amide bonds. The first-order chi connectivity index (χ1) is 9.60. The first-order valence-corrected chi connectivity index (χ1v) is 6.68. The van der Waals surface area contributed by atoms with Crippen molar-refractivity contribution in [1.29, 1.82) is 0 Å². The molecule has 0 aliphatic rings. The molecule has 0 aromatic carbocycles. The quantitative estimate of drug-likeness (QED) is 0.574. The van der Waals surface area contributed by atoms with E-state index in [1.807, 2.05) is 0 Å². The summed E-state index contributed by atoms with van der Waals surface area (Å²) >= 11 is 1.31. The number of rotatable bonds is 5. The van der Waals surface area contributed by atoms with Gasteiger partial charge >= 0.3 is 0 Å². The second kappa shape index (κ2) is 6.20. The number of carbonyl (C=O) groups excluding carboxylic acids is 1. The van der Waals surface area contributed by atoms with E-state index in [2.05, 4.69) is 20.6 Å². The number of nitrogens with zero attached hydrogens (tertiary/aromatic N) is 2. The number of amides is 1. The Balaban J connectivity index is 2.20. The Morgan fingerprint density at radius 1 is 1.60 bits per heavy atom. The normalized spacial score (nSPS) is 10.9. The molecular formula is C12H15N5O2S. The van der Waals surface area contributed by atoms with Gasteiger partial charge in [0.05, 0.1) is 12.9 Å². The van der Waals surface area contributed by atoms with Crippen LogP contribution in [0.1, 0.15) is 12.7 Å². The molecule has 0 aliphatic carbocycles. The van der Waals surface area contributed by atoms with Crippen molar-refractivity contribution < 1.29 is 9.21 Å². The Labute approximate surface area is 119 Å². The Morgan fingerprint density at radius 2 is 2.40 bits per heavy atom. The second-order valence-corrected chi connectivity index (χ2v) is 4.97. The number of furan rings is 1. The van der Waals surface area contributed by atoms with Crippen LogP contribution in [0.25, 0.3) is 11.5 Å². The van der Waals surface area contributed by atoms with Gasteiger partial charge in [0.1, 0.15) is 16.5 Å². The fraction of sp³-hybridized carbons (Fsp3) is 0.250. The van der Waals surface area contributed by atoms with Crippen LogP contribution in [0.4, 0.5) is 10.1 Å². The molecule has 0 bridgehead atoms. The highest BCUT2D eigenvalue weighted by molar-refractivity contribution is 7.20. The summed E-state index contributed by atoms with van der Waals surface area (Å²) in [6, 6.07) is 3.58. The molecule has 106 valence electrons. The molecule has 0 saturated heterocycles. The van der Waals surface area contributed by atoms with E-state index in [0.717, 1.165) is 5.00 Å². The van der Waals surface area contributed by atoms with E-state index in [0.29, 0.717) is 28.9 Å². The summed E-state index contributed by atoms with van der Waals surface area (Å²) in [6.07, 6.45) is 1.55. The highest BCUT2D eigenvalue weighted by Crippen LogP contribution is 2.35. The van der Waals surface area contributed by atoms with Gasteiger partial charge in [-0.1, -0.05) is 11.3 Å². The highest BCUT2D eigenvalue weighted by atomic mass is 32.1. The number of thiazole rings is 1. The Kier molecular flexibility index (Phi) is 4.36. The van der Waals surface area contributed by atoms with Gasteiger partial charge in [-0.3, -0.25) is 9.79 Å². The molecule has 2 aromatic rings. The third kappa shape index (κ3) is 3.35. The molecule has 7 nitrogen and oxygen atoms in total. The van der Waals surface area contributed by atoms with E-state index < -0.39 is 0 Å². The monoisotopic (exact) mass is 293 g/mol. The molecule has 0 aliphatic heterocycles. The number of hydrogen-bond donors (Lipinski definition) is 3. The summed E-state index contributed by atoms with van der Waals surface area (Å²) < 4.78 is 5.64. The van der Waals surface area contributed by atoms with Gasteiger partial charge in [0, 0.05) is 14.0 Å². The topological polar surface area (TPSA) is 106 Å². The lowest BCUT2D eigenvalue weighted by Gasteiger charge is -1.99. The summed E-state index contributed by atoms with van der Waals surface area (Å²) in [5.41, 5.74) is 6.34. The molecule has 2 rings (SSSR count). The van der Waals surface area contributed by atoms with E-state index in [1.54, 1.807) is 25.5 Å². The number of aliphatic imine (C=N–C) groups is 1.